The van der Waals surface area contributed by atoms with E-state index in [1.165, 1.54) is 37.7 Å². The first kappa shape index (κ1) is 14.2. The van der Waals surface area contributed by atoms with Crippen molar-refractivity contribution in [2.75, 3.05) is 6.61 Å². The highest BCUT2D eigenvalue weighted by Gasteiger charge is 2.07. The van der Waals surface area contributed by atoms with E-state index in [1.807, 2.05) is 0 Å². The average Bonchev–Trinajstić information content (AvgIpc) is 2.37. The topological polar surface area (TPSA) is 9.23 Å². The molecule has 0 bridgehead atoms. The van der Waals surface area contributed by atoms with Gasteiger partial charge in [-0.2, -0.15) is 0 Å². The van der Waals surface area contributed by atoms with Crippen LogP contribution in [0.1, 0.15) is 51.5 Å². The molecule has 96 valence electrons. The van der Waals surface area contributed by atoms with Crippen molar-refractivity contribution in [3.05, 3.63) is 35.9 Å². The first-order valence-corrected chi connectivity index (χ1v) is 7.02. The van der Waals surface area contributed by atoms with Gasteiger partial charge in [0.25, 0.3) is 0 Å². The Kier molecular flexibility index (Phi) is 7.74. The van der Waals surface area contributed by atoms with Gasteiger partial charge in [-0.3, -0.25) is 0 Å². The summed E-state index contributed by atoms with van der Waals surface area (Å²) >= 11 is 0. The van der Waals surface area contributed by atoms with Gasteiger partial charge in [0, 0.05) is 6.61 Å². The van der Waals surface area contributed by atoms with Crippen LogP contribution in [0.4, 0.5) is 0 Å². The van der Waals surface area contributed by atoms with Gasteiger partial charge < -0.3 is 4.74 Å². The van der Waals surface area contributed by atoms with Crippen molar-refractivity contribution < 1.29 is 4.74 Å². The first-order chi connectivity index (χ1) is 8.36. The van der Waals surface area contributed by atoms with E-state index in [0.29, 0.717) is 6.10 Å². The molecule has 1 atom stereocenters. The van der Waals surface area contributed by atoms with E-state index in [9.17, 15) is 0 Å². The summed E-state index contributed by atoms with van der Waals surface area (Å²) in [6.07, 6.45) is 7.63. The van der Waals surface area contributed by atoms with E-state index in [2.05, 4.69) is 44.2 Å². The molecule has 1 unspecified atom stereocenters. The zero-order valence-corrected chi connectivity index (χ0v) is 11.3. The van der Waals surface area contributed by atoms with Crippen LogP contribution in [-0.4, -0.2) is 12.7 Å². The minimum atomic E-state index is 0.476. The Morgan fingerprint density at radius 3 is 2.41 bits per heavy atom. The number of aryl methyl sites for hydroxylation is 1. The Bertz CT molecular complexity index is 268. The monoisotopic (exact) mass is 234 g/mol. The molecule has 1 heteroatoms. The minimum Gasteiger partial charge on any atom is -0.378 e. The van der Waals surface area contributed by atoms with Crippen molar-refractivity contribution in [1.82, 2.24) is 0 Å². The zero-order chi connectivity index (χ0) is 12.3. The summed E-state index contributed by atoms with van der Waals surface area (Å²) in [6.45, 7) is 5.32. The summed E-state index contributed by atoms with van der Waals surface area (Å²) in [5.41, 5.74) is 1.44. The molecule has 0 amide bonds. The maximum Gasteiger partial charge on any atom is 0.0575 e. The Morgan fingerprint density at radius 1 is 1.00 bits per heavy atom. The third kappa shape index (κ3) is 6.48. The normalized spacial score (nSPS) is 12.6. The molecule has 0 aliphatic carbocycles. The van der Waals surface area contributed by atoms with E-state index < -0.39 is 0 Å². The van der Waals surface area contributed by atoms with Gasteiger partial charge in [-0.25, -0.2) is 0 Å². The maximum atomic E-state index is 5.87. The second kappa shape index (κ2) is 9.23. The van der Waals surface area contributed by atoms with E-state index in [-0.39, 0.29) is 0 Å². The minimum absolute atomic E-state index is 0.476. The van der Waals surface area contributed by atoms with E-state index in [1.54, 1.807) is 0 Å². The molecule has 0 saturated carbocycles. The number of hydrogen-bond acceptors (Lipinski definition) is 1. The van der Waals surface area contributed by atoms with Crippen LogP contribution < -0.4 is 0 Å². The van der Waals surface area contributed by atoms with Crippen LogP contribution in [0.3, 0.4) is 0 Å². The lowest BCUT2D eigenvalue weighted by Crippen LogP contribution is -2.13. The Labute approximate surface area is 106 Å². The lowest BCUT2D eigenvalue weighted by molar-refractivity contribution is 0.0404. The summed E-state index contributed by atoms with van der Waals surface area (Å²) in [4.78, 5) is 0. The second-order valence-electron chi connectivity index (χ2n) is 4.66. The summed E-state index contributed by atoms with van der Waals surface area (Å²) < 4.78 is 5.87. The summed E-state index contributed by atoms with van der Waals surface area (Å²) in [5, 5.41) is 0. The third-order valence-electron chi connectivity index (χ3n) is 3.00. The number of rotatable bonds is 9. The van der Waals surface area contributed by atoms with Crippen LogP contribution in [-0.2, 0) is 11.2 Å². The van der Waals surface area contributed by atoms with Crippen LogP contribution in [0.2, 0.25) is 0 Å². The molecule has 0 aliphatic heterocycles. The van der Waals surface area contributed by atoms with Gasteiger partial charge in [-0.15, -0.1) is 0 Å². The van der Waals surface area contributed by atoms with Crippen molar-refractivity contribution in [1.29, 1.82) is 0 Å². The van der Waals surface area contributed by atoms with Crippen molar-refractivity contribution in [3.8, 4) is 0 Å². The number of benzene rings is 1. The van der Waals surface area contributed by atoms with Gasteiger partial charge in [-0.1, -0.05) is 50.6 Å². The summed E-state index contributed by atoms with van der Waals surface area (Å²) in [6, 6.07) is 10.7. The van der Waals surface area contributed by atoms with E-state index in [4.69, 9.17) is 4.74 Å². The highest BCUT2D eigenvalue weighted by atomic mass is 16.5. The fourth-order valence-corrected chi connectivity index (χ4v) is 2.10. The molecule has 0 N–H and O–H groups in total. The molecule has 0 heterocycles. The maximum absolute atomic E-state index is 5.87. The molecular formula is C16H26O. The lowest BCUT2D eigenvalue weighted by Gasteiger charge is -2.16. The highest BCUT2D eigenvalue weighted by molar-refractivity contribution is 5.14. The Hall–Kier alpha value is -0.820. The average molecular weight is 234 g/mol. The molecule has 1 rings (SSSR count). The van der Waals surface area contributed by atoms with Gasteiger partial charge in [-0.05, 0) is 37.7 Å². The second-order valence-corrected chi connectivity index (χ2v) is 4.66. The zero-order valence-electron chi connectivity index (χ0n) is 11.3. The summed E-state index contributed by atoms with van der Waals surface area (Å²) in [7, 11) is 0. The molecule has 1 nitrogen and oxygen atoms in total. The van der Waals surface area contributed by atoms with Crippen LogP contribution in [0.5, 0.6) is 0 Å². The van der Waals surface area contributed by atoms with Crippen molar-refractivity contribution in [2.45, 2.75) is 58.5 Å². The van der Waals surface area contributed by atoms with Gasteiger partial charge >= 0.3 is 0 Å². The number of hydrogen-bond donors (Lipinski definition) is 0. The van der Waals surface area contributed by atoms with E-state index in [0.717, 1.165) is 13.0 Å². The molecule has 0 radical (unpaired) electrons. The summed E-state index contributed by atoms with van der Waals surface area (Å²) in [5.74, 6) is 0. The fourth-order valence-electron chi connectivity index (χ4n) is 2.10. The van der Waals surface area contributed by atoms with Crippen LogP contribution in [0, 0.1) is 0 Å². The molecule has 1 aromatic carbocycles. The third-order valence-corrected chi connectivity index (χ3v) is 3.00. The van der Waals surface area contributed by atoms with E-state index >= 15 is 0 Å². The predicted octanol–water partition coefficient (Wildman–Crippen LogP) is 4.60. The standard InChI is InChI=1S/C16H26O/c1-3-9-16(17-14-4-2)13-8-12-15-10-6-5-7-11-15/h5-7,10-11,16H,3-4,8-9,12-14H2,1-2H3. The fraction of sp³-hybridized carbons (Fsp3) is 0.625. The van der Waals surface area contributed by atoms with Crippen LogP contribution in [0.25, 0.3) is 0 Å². The quantitative estimate of drug-likeness (QED) is 0.606. The van der Waals surface area contributed by atoms with Gasteiger partial charge in [0.1, 0.15) is 0 Å². The molecule has 0 spiro atoms. The predicted molar refractivity (Wildman–Crippen MR) is 74.3 cm³/mol. The van der Waals surface area contributed by atoms with Gasteiger partial charge in [0.2, 0.25) is 0 Å². The SMILES string of the molecule is CCCOC(CCC)CCCc1ccccc1. The molecule has 0 saturated heterocycles. The van der Waals surface area contributed by atoms with Gasteiger partial charge in [0.15, 0.2) is 0 Å². The molecule has 0 aromatic heterocycles. The van der Waals surface area contributed by atoms with Crippen LogP contribution >= 0.6 is 0 Å². The molecule has 0 aliphatic rings. The van der Waals surface area contributed by atoms with Crippen molar-refractivity contribution >= 4 is 0 Å². The smallest absolute Gasteiger partial charge is 0.0575 e. The van der Waals surface area contributed by atoms with Crippen molar-refractivity contribution in [2.24, 2.45) is 0 Å². The molecule has 0 fully saturated rings. The molecule has 17 heavy (non-hydrogen) atoms. The Morgan fingerprint density at radius 2 is 1.76 bits per heavy atom. The highest BCUT2D eigenvalue weighted by Crippen LogP contribution is 2.13. The Balaban J connectivity index is 2.22. The van der Waals surface area contributed by atoms with Crippen LogP contribution in [0.15, 0.2) is 30.3 Å². The lowest BCUT2D eigenvalue weighted by atomic mass is 10.0. The largest absolute Gasteiger partial charge is 0.378 e. The first-order valence-electron chi connectivity index (χ1n) is 7.02. The number of ether oxygens (including phenoxy) is 1. The molecular weight excluding hydrogens is 208 g/mol. The van der Waals surface area contributed by atoms with Gasteiger partial charge in [0.05, 0.1) is 6.10 Å². The molecule has 1 aromatic rings. The van der Waals surface area contributed by atoms with Crippen molar-refractivity contribution in [3.63, 3.8) is 0 Å².